The van der Waals surface area contributed by atoms with Crippen molar-refractivity contribution in [3.63, 3.8) is 0 Å². The predicted octanol–water partition coefficient (Wildman–Crippen LogP) is -0.0103. The van der Waals surface area contributed by atoms with Gasteiger partial charge in [-0.05, 0) is 19.8 Å². The number of ether oxygens (including phenoxy) is 2. The van der Waals surface area contributed by atoms with Gasteiger partial charge in [-0.1, -0.05) is 0 Å². The second-order valence-corrected chi connectivity index (χ2v) is 2.86. The van der Waals surface area contributed by atoms with Gasteiger partial charge in [0, 0.05) is 13.2 Å². The summed E-state index contributed by atoms with van der Waals surface area (Å²) < 4.78 is 10.5. The van der Waals surface area contributed by atoms with E-state index in [9.17, 15) is 0 Å². The van der Waals surface area contributed by atoms with Crippen molar-refractivity contribution in [3.05, 3.63) is 0 Å². The van der Waals surface area contributed by atoms with E-state index in [0.717, 1.165) is 12.8 Å². The van der Waals surface area contributed by atoms with Crippen LogP contribution in [0.2, 0.25) is 0 Å². The lowest BCUT2D eigenvalue weighted by molar-refractivity contribution is -0.183. The molecule has 66 valence electrons. The van der Waals surface area contributed by atoms with Crippen molar-refractivity contribution >= 4 is 0 Å². The van der Waals surface area contributed by atoms with Gasteiger partial charge in [0.2, 0.25) is 0 Å². The van der Waals surface area contributed by atoms with Crippen molar-refractivity contribution in [1.82, 2.24) is 5.43 Å². The van der Waals surface area contributed by atoms with Crippen molar-refractivity contribution < 1.29 is 9.47 Å². The zero-order valence-corrected chi connectivity index (χ0v) is 7.04. The molecule has 1 aliphatic heterocycles. The molecule has 1 heterocycles. The maximum Gasteiger partial charge on any atom is 0.157 e. The van der Waals surface area contributed by atoms with Crippen LogP contribution in [0.15, 0.2) is 0 Å². The lowest BCUT2D eigenvalue weighted by Crippen LogP contribution is -2.48. The maximum atomic E-state index is 5.47. The SMILES string of the molecule is CO[C@H]1CCC(NN)[C@H](C)O1. The van der Waals surface area contributed by atoms with Gasteiger partial charge in [-0.3, -0.25) is 11.3 Å². The zero-order chi connectivity index (χ0) is 8.27. The van der Waals surface area contributed by atoms with E-state index >= 15 is 0 Å². The number of hydrogen-bond acceptors (Lipinski definition) is 4. The molecule has 0 aromatic carbocycles. The number of methoxy groups -OCH3 is 1. The van der Waals surface area contributed by atoms with Crippen LogP contribution in [0.25, 0.3) is 0 Å². The first-order valence-electron chi connectivity index (χ1n) is 3.92. The lowest BCUT2D eigenvalue weighted by atomic mass is 10.0. The highest BCUT2D eigenvalue weighted by atomic mass is 16.7. The maximum absolute atomic E-state index is 5.47. The Morgan fingerprint density at radius 3 is 2.73 bits per heavy atom. The molecule has 0 aromatic rings. The molecule has 0 aromatic heterocycles. The Morgan fingerprint density at radius 2 is 2.27 bits per heavy atom. The number of hydrazine groups is 1. The predicted molar refractivity (Wildman–Crippen MR) is 41.7 cm³/mol. The van der Waals surface area contributed by atoms with Crippen molar-refractivity contribution in [2.24, 2.45) is 5.84 Å². The Morgan fingerprint density at radius 1 is 1.55 bits per heavy atom. The van der Waals surface area contributed by atoms with Gasteiger partial charge >= 0.3 is 0 Å². The average Bonchev–Trinajstić information content (AvgIpc) is 2.04. The molecule has 0 spiro atoms. The molecule has 0 amide bonds. The fourth-order valence-electron chi connectivity index (χ4n) is 1.34. The molecule has 0 aliphatic carbocycles. The van der Waals surface area contributed by atoms with Crippen LogP contribution in [-0.4, -0.2) is 25.5 Å². The minimum atomic E-state index is -0.0467. The molecule has 3 N–H and O–H groups in total. The summed E-state index contributed by atoms with van der Waals surface area (Å²) in [6.07, 6.45) is 2.01. The third kappa shape index (κ3) is 2.13. The zero-order valence-electron chi connectivity index (χ0n) is 7.04. The van der Waals surface area contributed by atoms with Crippen LogP contribution in [0, 0.1) is 0 Å². The number of nitrogens with two attached hydrogens (primary N) is 1. The first-order valence-corrected chi connectivity index (χ1v) is 3.92. The number of rotatable bonds is 2. The average molecular weight is 160 g/mol. The Balaban J connectivity index is 2.34. The quantitative estimate of drug-likeness (QED) is 0.440. The number of hydrogen-bond donors (Lipinski definition) is 2. The summed E-state index contributed by atoms with van der Waals surface area (Å²) in [6, 6.07) is 0.265. The molecule has 0 radical (unpaired) electrons. The molecule has 11 heavy (non-hydrogen) atoms. The van der Waals surface area contributed by atoms with E-state index < -0.39 is 0 Å². The molecular formula is C7H16N2O2. The minimum Gasteiger partial charge on any atom is -0.356 e. The van der Waals surface area contributed by atoms with E-state index in [1.54, 1.807) is 7.11 Å². The third-order valence-electron chi connectivity index (χ3n) is 2.12. The Labute approximate surface area is 67.0 Å². The highest BCUT2D eigenvalue weighted by molar-refractivity contribution is 4.76. The molecule has 4 nitrogen and oxygen atoms in total. The summed E-state index contributed by atoms with van der Waals surface area (Å²) in [5.74, 6) is 5.31. The summed E-state index contributed by atoms with van der Waals surface area (Å²) in [4.78, 5) is 0. The smallest absolute Gasteiger partial charge is 0.157 e. The van der Waals surface area contributed by atoms with Gasteiger partial charge in [-0.25, -0.2) is 0 Å². The van der Waals surface area contributed by atoms with Crippen LogP contribution >= 0.6 is 0 Å². The van der Waals surface area contributed by atoms with Gasteiger partial charge in [-0.15, -0.1) is 0 Å². The van der Waals surface area contributed by atoms with Crippen LogP contribution < -0.4 is 11.3 Å². The van der Waals surface area contributed by atoms with E-state index in [-0.39, 0.29) is 18.4 Å². The van der Waals surface area contributed by atoms with E-state index in [4.69, 9.17) is 15.3 Å². The van der Waals surface area contributed by atoms with Gasteiger partial charge in [0.05, 0.1) is 6.10 Å². The molecule has 3 atom stereocenters. The molecule has 1 unspecified atom stereocenters. The monoisotopic (exact) mass is 160 g/mol. The lowest BCUT2D eigenvalue weighted by Gasteiger charge is -2.33. The van der Waals surface area contributed by atoms with Crippen molar-refractivity contribution in [2.75, 3.05) is 7.11 Å². The molecule has 1 saturated heterocycles. The molecule has 1 rings (SSSR count). The third-order valence-corrected chi connectivity index (χ3v) is 2.12. The Kier molecular flexibility index (Phi) is 3.26. The molecule has 4 heteroatoms. The van der Waals surface area contributed by atoms with Crippen molar-refractivity contribution in [3.8, 4) is 0 Å². The fourth-order valence-corrected chi connectivity index (χ4v) is 1.34. The van der Waals surface area contributed by atoms with E-state index in [0.29, 0.717) is 0 Å². The summed E-state index contributed by atoms with van der Waals surface area (Å²) in [6.45, 7) is 2.00. The molecule has 0 saturated carbocycles. The van der Waals surface area contributed by atoms with Gasteiger partial charge in [0.15, 0.2) is 6.29 Å². The second-order valence-electron chi connectivity index (χ2n) is 2.86. The van der Waals surface area contributed by atoms with Crippen molar-refractivity contribution in [1.29, 1.82) is 0 Å². The fraction of sp³-hybridized carbons (Fsp3) is 1.00. The van der Waals surface area contributed by atoms with E-state index in [1.807, 2.05) is 6.92 Å². The minimum absolute atomic E-state index is 0.0467. The van der Waals surface area contributed by atoms with Crippen LogP contribution in [0.1, 0.15) is 19.8 Å². The highest BCUT2D eigenvalue weighted by Gasteiger charge is 2.26. The van der Waals surface area contributed by atoms with Crippen LogP contribution in [-0.2, 0) is 9.47 Å². The summed E-state index contributed by atoms with van der Waals surface area (Å²) >= 11 is 0. The van der Waals surface area contributed by atoms with E-state index in [2.05, 4.69) is 5.43 Å². The topological polar surface area (TPSA) is 56.5 Å². The molecule has 0 bridgehead atoms. The summed E-state index contributed by atoms with van der Waals surface area (Å²) in [7, 11) is 1.66. The van der Waals surface area contributed by atoms with Gasteiger partial charge in [0.25, 0.3) is 0 Å². The van der Waals surface area contributed by atoms with Crippen LogP contribution in [0.3, 0.4) is 0 Å². The molecular weight excluding hydrogens is 144 g/mol. The summed E-state index contributed by atoms with van der Waals surface area (Å²) in [5, 5.41) is 0. The van der Waals surface area contributed by atoms with Crippen molar-refractivity contribution in [2.45, 2.75) is 38.2 Å². The number of nitrogens with one attached hydrogen (secondary N) is 1. The largest absolute Gasteiger partial charge is 0.356 e. The first-order chi connectivity index (χ1) is 5.27. The molecule has 1 fully saturated rings. The Hall–Kier alpha value is -0.160. The molecule has 1 aliphatic rings. The van der Waals surface area contributed by atoms with Gasteiger partial charge in [-0.2, -0.15) is 0 Å². The van der Waals surface area contributed by atoms with E-state index in [1.165, 1.54) is 0 Å². The first kappa shape index (κ1) is 8.93. The highest BCUT2D eigenvalue weighted by Crippen LogP contribution is 2.18. The van der Waals surface area contributed by atoms with Gasteiger partial charge < -0.3 is 9.47 Å². The normalized spacial score (nSPS) is 39.0. The van der Waals surface area contributed by atoms with Crippen LogP contribution in [0.4, 0.5) is 0 Å². The van der Waals surface area contributed by atoms with Gasteiger partial charge in [0.1, 0.15) is 0 Å². The standard InChI is InChI=1S/C7H16N2O2/c1-5-6(9-8)3-4-7(10-2)11-5/h5-7,9H,3-4,8H2,1-2H3/t5-,6?,7+/m0/s1. The Bertz CT molecular complexity index is 121. The second kappa shape index (κ2) is 4.01. The van der Waals surface area contributed by atoms with Crippen LogP contribution in [0.5, 0.6) is 0 Å². The summed E-state index contributed by atoms with van der Waals surface area (Å²) in [5.41, 5.74) is 2.72.